The first-order valence-corrected chi connectivity index (χ1v) is 10.8. The fourth-order valence-electron chi connectivity index (χ4n) is 3.51. The molecule has 3 rings (SSSR count). The second kappa shape index (κ2) is 9.90. The lowest BCUT2D eigenvalue weighted by Crippen LogP contribution is -2.41. The molecule has 1 aliphatic rings. The Morgan fingerprint density at radius 3 is 2.48 bits per heavy atom. The summed E-state index contributed by atoms with van der Waals surface area (Å²) in [6.45, 7) is 7.22. The average molecular weight is 387 g/mol. The largest absolute Gasteiger partial charge is 0.484 e. The molecule has 2 heterocycles. The van der Waals surface area contributed by atoms with Gasteiger partial charge in [-0.05, 0) is 71.9 Å². The number of amides is 1. The van der Waals surface area contributed by atoms with Gasteiger partial charge in [0.1, 0.15) is 5.75 Å². The number of nitrogens with one attached hydrogen (secondary N) is 1. The highest BCUT2D eigenvalue weighted by Gasteiger charge is 2.23. The van der Waals surface area contributed by atoms with Crippen molar-refractivity contribution in [3.63, 3.8) is 0 Å². The topological polar surface area (TPSA) is 41.6 Å². The zero-order valence-corrected chi connectivity index (χ0v) is 17.1. The van der Waals surface area contributed by atoms with Gasteiger partial charge >= 0.3 is 0 Å². The molecule has 1 aromatic heterocycles. The standard InChI is InChI=1S/C22H30N2O2S/c1-17(2)18-6-8-20(9-7-18)26-15-22(25)23-14-21(19-10-13-27-16-19)24-11-4-3-5-12-24/h6-10,13,16-17,21H,3-5,11-12,14-15H2,1-2H3,(H,23,25). The molecule has 1 amide bonds. The molecular formula is C22H30N2O2S. The number of rotatable bonds is 8. The van der Waals surface area contributed by atoms with Crippen molar-refractivity contribution in [2.45, 2.75) is 45.1 Å². The molecule has 1 fully saturated rings. The molecule has 1 N–H and O–H groups in total. The van der Waals surface area contributed by atoms with Gasteiger partial charge in [0.2, 0.25) is 0 Å². The lowest BCUT2D eigenvalue weighted by molar-refractivity contribution is -0.123. The van der Waals surface area contributed by atoms with Crippen LogP contribution in [-0.2, 0) is 4.79 Å². The minimum Gasteiger partial charge on any atom is -0.484 e. The van der Waals surface area contributed by atoms with E-state index in [9.17, 15) is 4.79 Å². The van der Waals surface area contributed by atoms with Crippen LogP contribution in [0.5, 0.6) is 5.75 Å². The fourth-order valence-corrected chi connectivity index (χ4v) is 4.22. The third kappa shape index (κ3) is 5.81. The third-order valence-electron chi connectivity index (χ3n) is 5.17. The van der Waals surface area contributed by atoms with Crippen LogP contribution in [0.1, 0.15) is 56.2 Å². The molecule has 4 nitrogen and oxygen atoms in total. The fraction of sp³-hybridized carbons (Fsp3) is 0.500. The van der Waals surface area contributed by atoms with Crippen molar-refractivity contribution >= 4 is 17.2 Å². The smallest absolute Gasteiger partial charge is 0.258 e. The molecule has 0 bridgehead atoms. The van der Waals surface area contributed by atoms with Crippen LogP contribution in [0.3, 0.4) is 0 Å². The number of piperidine rings is 1. The Balaban J connectivity index is 1.50. The normalized spacial score (nSPS) is 16.3. The summed E-state index contributed by atoms with van der Waals surface area (Å²) in [4.78, 5) is 14.8. The zero-order valence-electron chi connectivity index (χ0n) is 16.3. The van der Waals surface area contributed by atoms with Crippen molar-refractivity contribution in [3.8, 4) is 5.75 Å². The van der Waals surface area contributed by atoms with Gasteiger partial charge in [-0.3, -0.25) is 9.69 Å². The first-order chi connectivity index (χ1) is 13.1. The van der Waals surface area contributed by atoms with E-state index < -0.39 is 0 Å². The average Bonchev–Trinajstić information content (AvgIpc) is 3.22. The molecule has 0 spiro atoms. The number of thiophene rings is 1. The summed E-state index contributed by atoms with van der Waals surface area (Å²) >= 11 is 1.71. The van der Waals surface area contributed by atoms with Crippen molar-refractivity contribution in [1.82, 2.24) is 10.2 Å². The van der Waals surface area contributed by atoms with Crippen LogP contribution < -0.4 is 10.1 Å². The van der Waals surface area contributed by atoms with Crippen LogP contribution in [0.2, 0.25) is 0 Å². The van der Waals surface area contributed by atoms with Gasteiger partial charge in [0.25, 0.3) is 5.91 Å². The summed E-state index contributed by atoms with van der Waals surface area (Å²) in [7, 11) is 0. The predicted octanol–water partition coefficient (Wildman–Crippen LogP) is 4.59. The van der Waals surface area contributed by atoms with E-state index in [0.29, 0.717) is 12.5 Å². The molecule has 5 heteroatoms. The molecule has 1 saturated heterocycles. The molecular weight excluding hydrogens is 356 g/mol. The molecule has 0 radical (unpaired) electrons. The zero-order chi connectivity index (χ0) is 19.1. The highest BCUT2D eigenvalue weighted by Crippen LogP contribution is 2.25. The monoisotopic (exact) mass is 386 g/mol. The lowest BCUT2D eigenvalue weighted by Gasteiger charge is -2.34. The maximum Gasteiger partial charge on any atom is 0.258 e. The Kier molecular flexibility index (Phi) is 7.30. The van der Waals surface area contributed by atoms with E-state index in [2.05, 4.69) is 53.0 Å². The number of benzene rings is 1. The molecule has 2 aromatic rings. The molecule has 1 atom stereocenters. The van der Waals surface area contributed by atoms with E-state index in [4.69, 9.17) is 4.74 Å². The van der Waals surface area contributed by atoms with E-state index in [1.165, 1.54) is 30.4 Å². The first kappa shape index (κ1) is 19.9. The number of nitrogens with zero attached hydrogens (tertiary/aromatic N) is 1. The molecule has 146 valence electrons. The van der Waals surface area contributed by atoms with Gasteiger partial charge in [-0.15, -0.1) is 0 Å². The molecule has 0 saturated carbocycles. The van der Waals surface area contributed by atoms with E-state index in [1.54, 1.807) is 11.3 Å². The number of carbonyl (C=O) groups excluding carboxylic acids is 1. The number of hydrogen-bond acceptors (Lipinski definition) is 4. The Bertz CT molecular complexity index is 692. The second-order valence-electron chi connectivity index (χ2n) is 7.49. The Morgan fingerprint density at radius 1 is 1.11 bits per heavy atom. The van der Waals surface area contributed by atoms with Gasteiger partial charge in [0, 0.05) is 6.54 Å². The van der Waals surface area contributed by atoms with Gasteiger partial charge in [-0.2, -0.15) is 11.3 Å². The van der Waals surface area contributed by atoms with Crippen molar-refractivity contribution in [3.05, 3.63) is 52.2 Å². The molecule has 1 unspecified atom stereocenters. The maximum atomic E-state index is 12.3. The van der Waals surface area contributed by atoms with Crippen LogP contribution >= 0.6 is 11.3 Å². The molecule has 27 heavy (non-hydrogen) atoms. The van der Waals surface area contributed by atoms with Crippen LogP contribution in [0.4, 0.5) is 0 Å². The Morgan fingerprint density at radius 2 is 1.85 bits per heavy atom. The highest BCUT2D eigenvalue weighted by molar-refractivity contribution is 7.07. The highest BCUT2D eigenvalue weighted by atomic mass is 32.1. The van der Waals surface area contributed by atoms with E-state index >= 15 is 0 Å². The van der Waals surface area contributed by atoms with Crippen LogP contribution in [0.25, 0.3) is 0 Å². The van der Waals surface area contributed by atoms with Crippen molar-refractivity contribution in [2.75, 3.05) is 26.2 Å². The van der Waals surface area contributed by atoms with Crippen molar-refractivity contribution in [1.29, 1.82) is 0 Å². The summed E-state index contributed by atoms with van der Waals surface area (Å²) in [5.74, 6) is 1.16. The maximum absolute atomic E-state index is 12.3. The minimum atomic E-state index is -0.0693. The van der Waals surface area contributed by atoms with Crippen molar-refractivity contribution < 1.29 is 9.53 Å². The van der Waals surface area contributed by atoms with Crippen molar-refractivity contribution in [2.24, 2.45) is 0 Å². The minimum absolute atomic E-state index is 0.0530. The number of ether oxygens (including phenoxy) is 1. The molecule has 1 aliphatic heterocycles. The van der Waals surface area contributed by atoms with Gasteiger partial charge in [0.05, 0.1) is 6.04 Å². The number of likely N-dealkylation sites (tertiary alicyclic amines) is 1. The van der Waals surface area contributed by atoms with E-state index in [1.807, 2.05) is 12.1 Å². The summed E-state index contributed by atoms with van der Waals surface area (Å²) < 4.78 is 5.65. The number of carbonyl (C=O) groups is 1. The Hall–Kier alpha value is -1.85. The van der Waals surface area contributed by atoms with Gasteiger partial charge in [0.15, 0.2) is 6.61 Å². The van der Waals surface area contributed by atoms with E-state index in [0.717, 1.165) is 18.8 Å². The third-order valence-corrected chi connectivity index (χ3v) is 5.87. The molecule has 0 aliphatic carbocycles. The second-order valence-corrected chi connectivity index (χ2v) is 8.27. The summed E-state index contributed by atoms with van der Waals surface area (Å²) in [6.07, 6.45) is 3.79. The van der Waals surface area contributed by atoms with Crippen LogP contribution in [0.15, 0.2) is 41.1 Å². The first-order valence-electron chi connectivity index (χ1n) is 9.89. The summed E-state index contributed by atoms with van der Waals surface area (Å²) in [6, 6.07) is 10.4. The lowest BCUT2D eigenvalue weighted by atomic mass is 10.0. The van der Waals surface area contributed by atoms with E-state index in [-0.39, 0.29) is 18.6 Å². The SMILES string of the molecule is CC(C)c1ccc(OCC(=O)NCC(c2ccsc2)N2CCCCC2)cc1. The number of hydrogen-bond donors (Lipinski definition) is 1. The van der Waals surface area contributed by atoms with Gasteiger partial charge in [-0.25, -0.2) is 0 Å². The van der Waals surface area contributed by atoms with Crippen LogP contribution in [-0.4, -0.2) is 37.0 Å². The summed E-state index contributed by atoms with van der Waals surface area (Å²) in [5.41, 5.74) is 2.57. The quantitative estimate of drug-likeness (QED) is 0.721. The molecule has 1 aromatic carbocycles. The van der Waals surface area contributed by atoms with Gasteiger partial charge in [-0.1, -0.05) is 32.4 Å². The summed E-state index contributed by atoms with van der Waals surface area (Å²) in [5, 5.41) is 7.37. The van der Waals surface area contributed by atoms with Crippen LogP contribution in [0, 0.1) is 0 Å². The Labute approximate surface area is 166 Å². The van der Waals surface area contributed by atoms with Gasteiger partial charge < -0.3 is 10.1 Å². The predicted molar refractivity (Wildman–Crippen MR) is 112 cm³/mol.